The van der Waals surface area contributed by atoms with E-state index in [-0.39, 0.29) is 17.7 Å². The van der Waals surface area contributed by atoms with Crippen LogP contribution in [0.3, 0.4) is 0 Å². The van der Waals surface area contributed by atoms with Crippen molar-refractivity contribution in [3.05, 3.63) is 64.3 Å². The molecular formula is C30H35ClN2O4. The summed E-state index contributed by atoms with van der Waals surface area (Å²) in [6, 6.07) is 13.8. The third kappa shape index (κ3) is 5.32. The van der Waals surface area contributed by atoms with Gasteiger partial charge < -0.3 is 19.2 Å². The van der Waals surface area contributed by atoms with Crippen molar-refractivity contribution in [1.29, 1.82) is 0 Å². The van der Waals surface area contributed by atoms with Gasteiger partial charge in [-0.2, -0.15) is 0 Å². The zero-order valence-corrected chi connectivity index (χ0v) is 22.4. The zero-order valence-electron chi connectivity index (χ0n) is 21.6. The van der Waals surface area contributed by atoms with Gasteiger partial charge in [0.25, 0.3) is 0 Å². The lowest BCUT2D eigenvalue weighted by molar-refractivity contribution is 0.0346. The molecular weight excluding hydrogens is 488 g/mol. The summed E-state index contributed by atoms with van der Waals surface area (Å²) in [5.41, 5.74) is 4.29. The number of aromatic nitrogens is 1. The number of carbonyl (C=O) groups excluding carboxylic acids is 1. The summed E-state index contributed by atoms with van der Waals surface area (Å²) in [4.78, 5) is 18.7. The summed E-state index contributed by atoms with van der Waals surface area (Å²) >= 11 is 6.32. The van der Waals surface area contributed by atoms with E-state index in [2.05, 4.69) is 31.0 Å². The molecule has 1 saturated heterocycles. The standard InChI is InChI=1S/C30H35ClN2O4/c1-30(2)16-20(18-37-30)12-14-35-23-8-5-21(6-9-23)28-27-24(25-15-22(31)7-10-26(25)32-27)11-13-33(28)29(34)36-17-19-3-4-19/h5-10,15,19-20,28,32H,3-4,11-14,16-18H2,1-2H3/t20-,28+/m1/s1. The van der Waals surface area contributed by atoms with Gasteiger partial charge in [0, 0.05) is 28.2 Å². The van der Waals surface area contributed by atoms with Gasteiger partial charge in [0.05, 0.1) is 25.4 Å². The number of nitrogens with zero attached hydrogens (tertiary/aromatic N) is 1. The second-order valence-electron chi connectivity index (χ2n) is 11.4. The van der Waals surface area contributed by atoms with Gasteiger partial charge in [-0.15, -0.1) is 0 Å². The lowest BCUT2D eigenvalue weighted by atomic mass is 9.92. The first kappa shape index (κ1) is 24.6. The fourth-order valence-corrected chi connectivity index (χ4v) is 5.96. The highest BCUT2D eigenvalue weighted by atomic mass is 35.5. The van der Waals surface area contributed by atoms with Crippen molar-refractivity contribution in [2.24, 2.45) is 11.8 Å². The Kier molecular flexibility index (Phi) is 6.58. The first-order chi connectivity index (χ1) is 17.9. The third-order valence-electron chi connectivity index (χ3n) is 7.94. The van der Waals surface area contributed by atoms with Crippen molar-refractivity contribution in [2.75, 3.05) is 26.4 Å². The number of nitrogens with one attached hydrogen (secondary N) is 1. The Labute approximate surface area is 223 Å². The van der Waals surface area contributed by atoms with Crippen molar-refractivity contribution in [1.82, 2.24) is 9.88 Å². The predicted octanol–water partition coefficient (Wildman–Crippen LogP) is 6.90. The van der Waals surface area contributed by atoms with Crippen molar-refractivity contribution in [3.63, 3.8) is 0 Å². The molecule has 2 fully saturated rings. The van der Waals surface area contributed by atoms with Crippen LogP contribution in [0, 0.1) is 11.8 Å². The number of hydrogen-bond acceptors (Lipinski definition) is 4. The van der Waals surface area contributed by atoms with Gasteiger partial charge in [0.1, 0.15) is 11.8 Å². The molecule has 2 aliphatic heterocycles. The van der Waals surface area contributed by atoms with Crippen LogP contribution < -0.4 is 4.74 Å². The Morgan fingerprint density at radius 2 is 1.97 bits per heavy atom. The number of ether oxygens (including phenoxy) is 3. The molecule has 3 aliphatic rings. The number of H-pyrrole nitrogens is 1. The highest BCUT2D eigenvalue weighted by Gasteiger charge is 2.36. The van der Waals surface area contributed by atoms with E-state index in [0.29, 0.717) is 36.6 Å². The summed E-state index contributed by atoms with van der Waals surface area (Å²) in [5.74, 6) is 1.90. The minimum atomic E-state index is -0.256. The quantitative estimate of drug-likeness (QED) is 0.366. The average Bonchev–Trinajstić information content (AvgIpc) is 3.55. The molecule has 1 amide bonds. The van der Waals surface area contributed by atoms with Crippen LogP contribution in [0.25, 0.3) is 10.9 Å². The van der Waals surface area contributed by atoms with Gasteiger partial charge in [0.15, 0.2) is 0 Å². The Morgan fingerprint density at radius 1 is 1.16 bits per heavy atom. The number of benzene rings is 2. The van der Waals surface area contributed by atoms with E-state index in [4.69, 9.17) is 25.8 Å². The summed E-state index contributed by atoms with van der Waals surface area (Å²) in [6.07, 6.45) is 4.86. The first-order valence-corrected chi connectivity index (χ1v) is 13.8. The molecule has 1 aromatic heterocycles. The average molecular weight is 523 g/mol. The maximum absolute atomic E-state index is 13.2. The minimum Gasteiger partial charge on any atom is -0.494 e. The lowest BCUT2D eigenvalue weighted by Gasteiger charge is -2.35. The molecule has 1 saturated carbocycles. The van der Waals surface area contributed by atoms with Gasteiger partial charge in [-0.1, -0.05) is 23.7 Å². The second-order valence-corrected chi connectivity index (χ2v) is 11.9. The third-order valence-corrected chi connectivity index (χ3v) is 8.18. The SMILES string of the molecule is CC1(C)C[C@@H](CCOc2ccc([C@H]3c4[nH]c5ccc(Cl)cc5c4CCN3C(=O)OCC3CC3)cc2)CO1. The van der Waals surface area contributed by atoms with E-state index in [9.17, 15) is 4.79 Å². The molecule has 196 valence electrons. The van der Waals surface area contributed by atoms with E-state index in [1.165, 1.54) is 5.56 Å². The summed E-state index contributed by atoms with van der Waals surface area (Å²) in [5, 5.41) is 1.84. The minimum absolute atomic E-state index is 0.0230. The number of rotatable bonds is 7. The van der Waals surface area contributed by atoms with Crippen molar-refractivity contribution in [2.45, 2.75) is 57.6 Å². The van der Waals surface area contributed by atoms with E-state index in [1.807, 2.05) is 35.2 Å². The normalized spacial score (nSPS) is 22.7. The fourth-order valence-electron chi connectivity index (χ4n) is 5.79. The number of hydrogen-bond donors (Lipinski definition) is 1. The molecule has 2 atom stereocenters. The smallest absolute Gasteiger partial charge is 0.410 e. The molecule has 7 heteroatoms. The number of carbonyl (C=O) groups is 1. The molecule has 6 rings (SSSR count). The molecule has 3 heterocycles. The molecule has 6 nitrogen and oxygen atoms in total. The summed E-state index contributed by atoms with van der Waals surface area (Å²) in [7, 11) is 0. The van der Waals surface area contributed by atoms with Crippen LogP contribution >= 0.6 is 11.6 Å². The molecule has 3 aromatic rings. The summed E-state index contributed by atoms with van der Waals surface area (Å²) in [6.45, 7) is 6.87. The predicted molar refractivity (Wildman–Crippen MR) is 144 cm³/mol. The highest BCUT2D eigenvalue weighted by Crippen LogP contribution is 2.40. The Balaban J connectivity index is 1.22. The molecule has 0 unspecified atom stereocenters. The molecule has 2 aromatic carbocycles. The van der Waals surface area contributed by atoms with Gasteiger partial charge >= 0.3 is 6.09 Å². The van der Waals surface area contributed by atoms with Gasteiger partial charge in [-0.3, -0.25) is 4.90 Å². The number of fused-ring (bicyclic) bond motifs is 3. The van der Waals surface area contributed by atoms with Crippen LogP contribution in [-0.2, 0) is 15.9 Å². The van der Waals surface area contributed by atoms with Crippen LogP contribution in [-0.4, -0.2) is 47.9 Å². The van der Waals surface area contributed by atoms with E-state index in [1.54, 1.807) is 0 Å². The van der Waals surface area contributed by atoms with Crippen molar-refractivity contribution < 1.29 is 19.0 Å². The lowest BCUT2D eigenvalue weighted by Crippen LogP contribution is -2.41. The van der Waals surface area contributed by atoms with Crippen LogP contribution in [0.5, 0.6) is 5.75 Å². The van der Waals surface area contributed by atoms with E-state index >= 15 is 0 Å². The van der Waals surface area contributed by atoms with Crippen LogP contribution in [0.15, 0.2) is 42.5 Å². The number of aromatic amines is 1. The van der Waals surface area contributed by atoms with Crippen LogP contribution in [0.2, 0.25) is 5.02 Å². The highest BCUT2D eigenvalue weighted by molar-refractivity contribution is 6.31. The Morgan fingerprint density at radius 3 is 2.70 bits per heavy atom. The Bertz CT molecular complexity index is 1280. The van der Waals surface area contributed by atoms with Crippen molar-refractivity contribution >= 4 is 28.6 Å². The molecule has 37 heavy (non-hydrogen) atoms. The topological polar surface area (TPSA) is 63.8 Å². The second kappa shape index (κ2) is 9.88. The Hall–Kier alpha value is -2.70. The fraction of sp³-hybridized carbons (Fsp3) is 0.500. The zero-order chi connectivity index (χ0) is 25.6. The van der Waals surface area contributed by atoms with Gasteiger partial charge in [0.2, 0.25) is 0 Å². The maximum atomic E-state index is 13.2. The first-order valence-electron chi connectivity index (χ1n) is 13.5. The molecule has 0 radical (unpaired) electrons. The molecule has 0 bridgehead atoms. The molecule has 0 spiro atoms. The van der Waals surface area contributed by atoms with Gasteiger partial charge in [-0.05, 0) is 99.2 Å². The van der Waals surface area contributed by atoms with Crippen LogP contribution in [0.1, 0.15) is 62.4 Å². The maximum Gasteiger partial charge on any atom is 0.410 e. The van der Waals surface area contributed by atoms with Crippen molar-refractivity contribution in [3.8, 4) is 5.75 Å². The van der Waals surface area contributed by atoms with E-state index < -0.39 is 0 Å². The molecule has 1 aliphatic carbocycles. The van der Waals surface area contributed by atoms with Crippen LogP contribution in [0.4, 0.5) is 4.79 Å². The molecule has 1 N–H and O–H groups in total. The van der Waals surface area contributed by atoms with E-state index in [0.717, 1.165) is 66.6 Å². The number of amides is 1. The largest absolute Gasteiger partial charge is 0.494 e. The monoisotopic (exact) mass is 522 g/mol. The van der Waals surface area contributed by atoms with Gasteiger partial charge in [-0.25, -0.2) is 4.79 Å². The number of halogens is 1. The summed E-state index contributed by atoms with van der Waals surface area (Å²) < 4.78 is 17.6.